The molecule has 2 aromatic rings. The lowest BCUT2D eigenvalue weighted by molar-refractivity contribution is -0.166. The summed E-state index contributed by atoms with van der Waals surface area (Å²) in [5, 5.41) is 0. The molecule has 156 valence electrons. The van der Waals surface area contributed by atoms with Gasteiger partial charge in [-0.1, -0.05) is 60.7 Å². The van der Waals surface area contributed by atoms with E-state index in [1.54, 1.807) is 6.92 Å². The lowest BCUT2D eigenvalue weighted by Crippen LogP contribution is -2.60. The van der Waals surface area contributed by atoms with Crippen molar-refractivity contribution in [2.24, 2.45) is 11.8 Å². The summed E-state index contributed by atoms with van der Waals surface area (Å²) < 4.78 is 5.30. The molecule has 2 aliphatic rings. The number of ketones is 1. The van der Waals surface area contributed by atoms with Gasteiger partial charge in [0, 0.05) is 31.3 Å². The highest BCUT2D eigenvalue weighted by atomic mass is 16.5. The van der Waals surface area contributed by atoms with Crippen molar-refractivity contribution >= 4 is 17.7 Å². The van der Waals surface area contributed by atoms with Gasteiger partial charge >= 0.3 is 5.97 Å². The zero-order chi connectivity index (χ0) is 21.1. The number of hydrogen-bond donors (Lipinski definition) is 0. The van der Waals surface area contributed by atoms with Crippen LogP contribution in [-0.2, 0) is 31.1 Å². The predicted molar refractivity (Wildman–Crippen MR) is 112 cm³/mol. The van der Waals surface area contributed by atoms with Gasteiger partial charge in [0.2, 0.25) is 5.91 Å². The smallest absolute Gasteiger partial charge is 0.310 e. The fraction of sp³-hybridized carbons (Fsp3) is 0.400. The Labute approximate surface area is 177 Å². The molecule has 1 aliphatic carbocycles. The number of esters is 1. The van der Waals surface area contributed by atoms with E-state index in [9.17, 15) is 14.4 Å². The summed E-state index contributed by atoms with van der Waals surface area (Å²) in [7, 11) is 0. The molecule has 0 N–H and O–H groups in total. The van der Waals surface area contributed by atoms with E-state index in [4.69, 9.17) is 4.74 Å². The highest BCUT2D eigenvalue weighted by Crippen LogP contribution is 2.51. The van der Waals surface area contributed by atoms with Crippen molar-refractivity contribution in [2.75, 3.05) is 13.2 Å². The minimum atomic E-state index is -0.738. The highest BCUT2D eigenvalue weighted by Gasteiger charge is 2.58. The van der Waals surface area contributed by atoms with Crippen molar-refractivity contribution in [2.45, 2.75) is 38.1 Å². The number of ether oxygens (including phenoxy) is 1. The molecule has 0 radical (unpaired) electrons. The zero-order valence-electron chi connectivity index (χ0n) is 17.3. The van der Waals surface area contributed by atoms with E-state index in [0.29, 0.717) is 25.9 Å². The molecule has 30 heavy (non-hydrogen) atoms. The monoisotopic (exact) mass is 405 g/mol. The van der Waals surface area contributed by atoms with E-state index in [-0.39, 0.29) is 24.7 Å². The van der Waals surface area contributed by atoms with Gasteiger partial charge in [0.15, 0.2) is 0 Å². The minimum absolute atomic E-state index is 0.0254. The normalized spacial score (nSPS) is 26.2. The van der Waals surface area contributed by atoms with Crippen molar-refractivity contribution in [1.82, 2.24) is 4.90 Å². The SMILES string of the molecule is CCOC(=O)C1CC(=O)C[C@]2(c3ccccc3)CCN(Cc3ccccc3)C(=O)[C@H]12. The van der Waals surface area contributed by atoms with Crippen LogP contribution >= 0.6 is 0 Å². The van der Waals surface area contributed by atoms with Crippen LogP contribution in [0, 0.1) is 11.8 Å². The number of benzene rings is 2. The van der Waals surface area contributed by atoms with Crippen molar-refractivity contribution in [3.8, 4) is 0 Å². The van der Waals surface area contributed by atoms with Crippen LogP contribution in [0.3, 0.4) is 0 Å². The van der Waals surface area contributed by atoms with Crippen molar-refractivity contribution in [3.63, 3.8) is 0 Å². The number of fused-ring (bicyclic) bond motifs is 1. The van der Waals surface area contributed by atoms with Gasteiger partial charge in [0.05, 0.1) is 18.4 Å². The molecule has 4 rings (SSSR count). The van der Waals surface area contributed by atoms with E-state index in [0.717, 1.165) is 11.1 Å². The Balaban J connectivity index is 1.74. The van der Waals surface area contributed by atoms with Gasteiger partial charge in [0.25, 0.3) is 0 Å². The van der Waals surface area contributed by atoms with Crippen molar-refractivity contribution in [3.05, 3.63) is 71.8 Å². The molecule has 0 bridgehead atoms. The number of carbonyl (C=O) groups excluding carboxylic acids is 3. The number of amides is 1. The number of Topliss-reactive ketones (excluding diaryl/α,β-unsaturated/α-hetero) is 1. The van der Waals surface area contributed by atoms with Gasteiger partial charge in [-0.05, 0) is 24.5 Å². The Morgan fingerprint density at radius 1 is 1.07 bits per heavy atom. The van der Waals surface area contributed by atoms with Crippen LogP contribution in [0.15, 0.2) is 60.7 Å². The molecule has 5 nitrogen and oxygen atoms in total. The third-order valence-electron chi connectivity index (χ3n) is 6.52. The highest BCUT2D eigenvalue weighted by molar-refractivity contribution is 5.95. The summed E-state index contributed by atoms with van der Waals surface area (Å²) in [5.41, 5.74) is 1.36. The Bertz CT molecular complexity index is 927. The molecule has 1 saturated carbocycles. The molecule has 1 aliphatic heterocycles. The van der Waals surface area contributed by atoms with Crippen LogP contribution in [0.5, 0.6) is 0 Å². The molecule has 1 saturated heterocycles. The molecule has 3 atom stereocenters. The lowest BCUT2D eigenvalue weighted by Gasteiger charge is -2.51. The van der Waals surface area contributed by atoms with E-state index in [1.165, 1.54) is 0 Å². The average Bonchev–Trinajstić information content (AvgIpc) is 2.76. The molecular weight excluding hydrogens is 378 g/mol. The Morgan fingerprint density at radius 2 is 1.73 bits per heavy atom. The number of hydrogen-bond acceptors (Lipinski definition) is 4. The molecule has 0 aromatic heterocycles. The summed E-state index contributed by atoms with van der Waals surface area (Å²) in [6.07, 6.45) is 1.02. The number of nitrogens with zero attached hydrogens (tertiary/aromatic N) is 1. The van der Waals surface area contributed by atoms with Crippen LogP contribution in [-0.4, -0.2) is 35.7 Å². The second-order valence-electron chi connectivity index (χ2n) is 8.27. The van der Waals surface area contributed by atoms with E-state index in [2.05, 4.69) is 0 Å². The summed E-state index contributed by atoms with van der Waals surface area (Å²) in [4.78, 5) is 41.2. The van der Waals surface area contributed by atoms with Gasteiger partial charge in [-0.15, -0.1) is 0 Å². The summed E-state index contributed by atoms with van der Waals surface area (Å²) >= 11 is 0. The zero-order valence-corrected chi connectivity index (χ0v) is 17.3. The lowest BCUT2D eigenvalue weighted by atomic mass is 9.55. The number of likely N-dealkylation sites (tertiary alicyclic amines) is 1. The molecule has 2 aromatic carbocycles. The maximum atomic E-state index is 13.8. The van der Waals surface area contributed by atoms with E-state index < -0.39 is 23.2 Å². The Hall–Kier alpha value is -2.95. The second-order valence-corrected chi connectivity index (χ2v) is 8.27. The van der Waals surface area contributed by atoms with E-state index >= 15 is 0 Å². The largest absolute Gasteiger partial charge is 0.466 e. The Kier molecular flexibility index (Phi) is 5.71. The molecule has 1 amide bonds. The quantitative estimate of drug-likeness (QED) is 0.714. The third-order valence-corrected chi connectivity index (χ3v) is 6.52. The maximum absolute atomic E-state index is 13.8. The first-order valence-corrected chi connectivity index (χ1v) is 10.6. The first kappa shape index (κ1) is 20.3. The fourth-order valence-corrected chi connectivity index (χ4v) is 5.20. The number of carbonyl (C=O) groups is 3. The summed E-state index contributed by atoms with van der Waals surface area (Å²) in [6, 6.07) is 19.6. The molecule has 1 unspecified atom stereocenters. The summed E-state index contributed by atoms with van der Waals surface area (Å²) in [5.74, 6) is -1.80. The molecule has 2 fully saturated rings. The van der Waals surface area contributed by atoms with Crippen LogP contribution < -0.4 is 0 Å². The predicted octanol–water partition coefficient (Wildman–Crippen LogP) is 3.52. The van der Waals surface area contributed by atoms with Crippen molar-refractivity contribution in [1.29, 1.82) is 0 Å². The standard InChI is InChI=1S/C25H27NO4/c1-2-30-24(29)21-15-20(27)16-25(19-11-7-4-8-12-19)13-14-26(23(28)22(21)25)17-18-9-5-3-6-10-18/h3-12,21-22H,2,13-17H2,1H3/t21?,22-,25-/m0/s1. The Morgan fingerprint density at radius 3 is 2.40 bits per heavy atom. The van der Waals surface area contributed by atoms with Gasteiger partial charge in [-0.2, -0.15) is 0 Å². The first-order chi connectivity index (χ1) is 14.5. The number of piperidine rings is 1. The molecular formula is C25H27NO4. The van der Waals surface area contributed by atoms with E-state index in [1.807, 2.05) is 65.6 Å². The van der Waals surface area contributed by atoms with Crippen LogP contribution in [0.4, 0.5) is 0 Å². The fourth-order valence-electron chi connectivity index (χ4n) is 5.20. The van der Waals surface area contributed by atoms with Crippen molar-refractivity contribution < 1.29 is 19.1 Å². The minimum Gasteiger partial charge on any atom is -0.466 e. The van der Waals surface area contributed by atoms with Crippen LogP contribution in [0.2, 0.25) is 0 Å². The van der Waals surface area contributed by atoms with Gasteiger partial charge < -0.3 is 9.64 Å². The number of rotatable bonds is 5. The average molecular weight is 405 g/mol. The van der Waals surface area contributed by atoms with Crippen LogP contribution in [0.25, 0.3) is 0 Å². The maximum Gasteiger partial charge on any atom is 0.310 e. The third kappa shape index (κ3) is 3.64. The second kappa shape index (κ2) is 8.42. The van der Waals surface area contributed by atoms with Gasteiger partial charge in [-0.3, -0.25) is 14.4 Å². The molecule has 5 heteroatoms. The topological polar surface area (TPSA) is 63.7 Å². The van der Waals surface area contributed by atoms with Gasteiger partial charge in [-0.25, -0.2) is 0 Å². The van der Waals surface area contributed by atoms with Crippen LogP contribution in [0.1, 0.15) is 37.3 Å². The summed E-state index contributed by atoms with van der Waals surface area (Å²) in [6.45, 7) is 3.04. The van der Waals surface area contributed by atoms with Gasteiger partial charge in [0.1, 0.15) is 5.78 Å². The molecule has 0 spiro atoms. The molecule has 1 heterocycles. The first-order valence-electron chi connectivity index (χ1n) is 10.6.